The van der Waals surface area contributed by atoms with Crippen molar-refractivity contribution in [3.8, 4) is 0 Å². The van der Waals surface area contributed by atoms with Gasteiger partial charge >= 0.3 is 0 Å². The van der Waals surface area contributed by atoms with Gasteiger partial charge in [0, 0.05) is 25.3 Å². The summed E-state index contributed by atoms with van der Waals surface area (Å²) < 4.78 is 5.38. The van der Waals surface area contributed by atoms with Gasteiger partial charge in [0.25, 0.3) is 0 Å². The van der Waals surface area contributed by atoms with Gasteiger partial charge in [-0.3, -0.25) is 0 Å². The number of hydrogen-bond donors (Lipinski definition) is 1. The van der Waals surface area contributed by atoms with E-state index in [1.165, 1.54) is 12.0 Å². The number of benzene rings is 1. The summed E-state index contributed by atoms with van der Waals surface area (Å²) in [5.74, 6) is 0. The van der Waals surface area contributed by atoms with E-state index in [0.717, 1.165) is 50.0 Å². The second kappa shape index (κ2) is 8.80. The molecule has 0 aromatic heterocycles. The van der Waals surface area contributed by atoms with Crippen LogP contribution in [-0.2, 0) is 4.74 Å². The Bertz CT molecular complexity index is 467. The van der Waals surface area contributed by atoms with Gasteiger partial charge in [-0.05, 0) is 18.1 Å². The molecule has 1 fully saturated rings. The molecule has 1 N–H and O–H groups in total. The maximum Gasteiger partial charge on any atom is 0.104 e. The van der Waals surface area contributed by atoms with Crippen LogP contribution in [0.3, 0.4) is 0 Å². The Balaban J connectivity index is 2.09. The Kier molecular flexibility index (Phi) is 6.70. The lowest BCUT2D eigenvalue weighted by atomic mass is 10.1. The average molecular weight is 304 g/mol. The zero-order valence-electron chi connectivity index (χ0n) is 12.7. The van der Waals surface area contributed by atoms with E-state index in [-0.39, 0.29) is 0 Å². The van der Waals surface area contributed by atoms with E-state index >= 15 is 0 Å². The van der Waals surface area contributed by atoms with Gasteiger partial charge in [0.2, 0.25) is 0 Å². The van der Waals surface area contributed by atoms with E-state index in [9.17, 15) is 0 Å². The van der Waals surface area contributed by atoms with Crippen LogP contribution in [0, 0.1) is 0 Å². The largest absolute Gasteiger partial charge is 0.384 e. The molecule has 0 radical (unpaired) electrons. The van der Waals surface area contributed by atoms with E-state index in [2.05, 4.69) is 47.5 Å². The molecule has 1 aromatic rings. The van der Waals surface area contributed by atoms with Crippen molar-refractivity contribution in [3.05, 3.63) is 42.0 Å². The molecule has 0 bridgehead atoms. The number of nitrogens with one attached hydrogen (secondary N) is 1. The lowest BCUT2D eigenvalue weighted by Crippen LogP contribution is -2.39. The summed E-state index contributed by atoms with van der Waals surface area (Å²) >= 11 is 5.58. The highest BCUT2D eigenvalue weighted by Crippen LogP contribution is 2.13. The smallest absolute Gasteiger partial charge is 0.104 e. The fraction of sp³-hybridized carbons (Fsp3) is 0.471. The molecular weight excluding hydrogens is 280 g/mol. The summed E-state index contributed by atoms with van der Waals surface area (Å²) in [5, 5.41) is 3.52. The molecule has 4 heteroatoms. The molecule has 1 aliphatic rings. The predicted molar refractivity (Wildman–Crippen MR) is 92.3 cm³/mol. The van der Waals surface area contributed by atoms with Gasteiger partial charge in [0.05, 0.1) is 13.2 Å². The van der Waals surface area contributed by atoms with E-state index in [1.807, 2.05) is 6.07 Å². The van der Waals surface area contributed by atoms with E-state index in [4.69, 9.17) is 17.0 Å². The van der Waals surface area contributed by atoms with Crippen molar-refractivity contribution in [3.63, 3.8) is 0 Å². The number of ether oxygens (including phenoxy) is 1. The molecule has 0 atom stereocenters. The lowest BCUT2D eigenvalue weighted by Gasteiger charge is -2.28. The van der Waals surface area contributed by atoms with Gasteiger partial charge in [0.15, 0.2) is 0 Å². The molecular formula is C17H24N2OS. The Morgan fingerprint density at radius 1 is 1.29 bits per heavy atom. The Hall–Kier alpha value is -1.39. The highest BCUT2D eigenvalue weighted by atomic mass is 32.1. The van der Waals surface area contributed by atoms with Crippen molar-refractivity contribution < 1.29 is 4.74 Å². The molecule has 1 saturated heterocycles. The first-order valence-corrected chi connectivity index (χ1v) is 8.09. The summed E-state index contributed by atoms with van der Waals surface area (Å²) in [7, 11) is 0. The average Bonchev–Trinajstić information content (AvgIpc) is 2.55. The number of nitrogens with zero attached hydrogens (tertiary/aromatic N) is 1. The van der Waals surface area contributed by atoms with Crippen LogP contribution < -0.4 is 5.32 Å². The van der Waals surface area contributed by atoms with Crippen LogP contribution in [0.5, 0.6) is 0 Å². The van der Waals surface area contributed by atoms with Crippen LogP contribution in [-0.4, -0.2) is 42.7 Å². The molecule has 1 aliphatic heterocycles. The minimum absolute atomic E-state index is 0.762. The molecule has 1 heterocycles. The molecule has 0 amide bonds. The molecule has 0 unspecified atom stereocenters. The Morgan fingerprint density at radius 2 is 2.00 bits per heavy atom. The first kappa shape index (κ1) is 16.0. The van der Waals surface area contributed by atoms with Crippen LogP contribution in [0.4, 0.5) is 0 Å². The third kappa shape index (κ3) is 5.14. The van der Waals surface area contributed by atoms with Gasteiger partial charge in [-0.25, -0.2) is 0 Å². The molecule has 114 valence electrons. The number of morpholine rings is 1. The third-order valence-electron chi connectivity index (χ3n) is 3.52. The fourth-order valence-corrected chi connectivity index (χ4v) is 2.55. The van der Waals surface area contributed by atoms with E-state index < -0.39 is 0 Å². The molecule has 0 aliphatic carbocycles. The zero-order valence-corrected chi connectivity index (χ0v) is 13.5. The van der Waals surface area contributed by atoms with Gasteiger partial charge < -0.3 is 15.0 Å². The van der Waals surface area contributed by atoms with Gasteiger partial charge in [0.1, 0.15) is 4.99 Å². The summed E-state index contributed by atoms with van der Waals surface area (Å²) in [6.07, 6.45) is 4.43. The molecule has 0 saturated carbocycles. The number of thiocarbonyl (C=S) groups is 1. The van der Waals surface area contributed by atoms with Crippen LogP contribution in [0.25, 0.3) is 5.70 Å². The van der Waals surface area contributed by atoms with Crippen LogP contribution in [0.1, 0.15) is 25.3 Å². The first-order valence-electron chi connectivity index (χ1n) is 7.69. The summed E-state index contributed by atoms with van der Waals surface area (Å²) in [5.41, 5.74) is 2.30. The molecule has 1 aromatic carbocycles. The lowest BCUT2D eigenvalue weighted by molar-refractivity contribution is 0.0694. The highest BCUT2D eigenvalue weighted by Gasteiger charge is 2.13. The Morgan fingerprint density at radius 3 is 2.67 bits per heavy atom. The standard InChI is InChI=1S/C17H24N2OS/c1-2-3-9-18-16(15-7-5-4-6-8-15)14-17(21)19-10-12-20-13-11-19/h4-8,14,18H,2-3,9-13H2,1H3/b16-14-. The van der Waals surface area contributed by atoms with Crippen molar-refractivity contribution in [1.29, 1.82) is 0 Å². The van der Waals surface area contributed by atoms with Crippen molar-refractivity contribution in [2.75, 3.05) is 32.8 Å². The topological polar surface area (TPSA) is 24.5 Å². The minimum atomic E-state index is 0.762. The predicted octanol–water partition coefficient (Wildman–Crippen LogP) is 3.08. The summed E-state index contributed by atoms with van der Waals surface area (Å²) in [6, 6.07) is 10.4. The minimum Gasteiger partial charge on any atom is -0.384 e. The molecule has 2 rings (SSSR count). The fourth-order valence-electron chi connectivity index (χ4n) is 2.25. The quantitative estimate of drug-likeness (QED) is 0.496. The van der Waals surface area contributed by atoms with Gasteiger partial charge in [-0.1, -0.05) is 55.9 Å². The van der Waals surface area contributed by atoms with E-state index in [1.54, 1.807) is 0 Å². The molecule has 21 heavy (non-hydrogen) atoms. The van der Waals surface area contributed by atoms with Gasteiger partial charge in [-0.2, -0.15) is 0 Å². The van der Waals surface area contributed by atoms with Crippen LogP contribution in [0.2, 0.25) is 0 Å². The number of hydrogen-bond acceptors (Lipinski definition) is 3. The number of rotatable bonds is 6. The van der Waals surface area contributed by atoms with Gasteiger partial charge in [-0.15, -0.1) is 0 Å². The Labute approximate surface area is 133 Å². The van der Waals surface area contributed by atoms with E-state index in [0.29, 0.717) is 0 Å². The molecule has 0 spiro atoms. The highest BCUT2D eigenvalue weighted by molar-refractivity contribution is 7.80. The van der Waals surface area contributed by atoms with Crippen LogP contribution >= 0.6 is 12.2 Å². The zero-order chi connectivity index (χ0) is 14.9. The third-order valence-corrected chi connectivity index (χ3v) is 3.90. The van der Waals surface area contributed by atoms with Crippen molar-refractivity contribution >= 4 is 22.9 Å². The monoisotopic (exact) mass is 304 g/mol. The van der Waals surface area contributed by atoms with Crippen molar-refractivity contribution in [2.45, 2.75) is 19.8 Å². The maximum absolute atomic E-state index is 5.58. The second-order valence-corrected chi connectivity index (χ2v) is 5.56. The van der Waals surface area contributed by atoms with Crippen LogP contribution in [0.15, 0.2) is 36.4 Å². The molecule has 3 nitrogen and oxygen atoms in total. The van der Waals surface area contributed by atoms with Crippen molar-refractivity contribution in [1.82, 2.24) is 10.2 Å². The maximum atomic E-state index is 5.58. The second-order valence-electron chi connectivity index (χ2n) is 5.14. The summed E-state index contributed by atoms with van der Waals surface area (Å²) in [4.78, 5) is 3.10. The summed E-state index contributed by atoms with van der Waals surface area (Å²) in [6.45, 7) is 6.46. The van der Waals surface area contributed by atoms with Crippen molar-refractivity contribution in [2.24, 2.45) is 0 Å². The number of unbranched alkanes of at least 4 members (excludes halogenated alkanes) is 1. The SMILES string of the molecule is CCCCN/C(=C\C(=S)N1CCOCC1)c1ccccc1. The normalized spacial score (nSPS) is 15.9. The first-order chi connectivity index (χ1) is 10.3.